The second-order valence-corrected chi connectivity index (χ2v) is 5.91. The molecule has 0 aliphatic heterocycles. The van der Waals surface area contributed by atoms with E-state index >= 15 is 0 Å². The predicted octanol–water partition coefficient (Wildman–Crippen LogP) is 2.72. The molecule has 1 amide bonds. The van der Waals surface area contributed by atoms with E-state index in [9.17, 15) is 4.79 Å². The molecule has 5 nitrogen and oxygen atoms in total. The maximum atomic E-state index is 12.2. The number of benzene rings is 1. The Morgan fingerprint density at radius 1 is 1.50 bits per heavy atom. The monoisotopic (exact) mass is 319 g/mol. The van der Waals surface area contributed by atoms with Crippen LogP contribution in [0.25, 0.3) is 0 Å². The van der Waals surface area contributed by atoms with E-state index in [0.29, 0.717) is 16.7 Å². The van der Waals surface area contributed by atoms with Crippen molar-refractivity contribution in [3.05, 3.63) is 47.5 Å². The molecule has 0 unspecified atom stereocenters. The highest BCUT2D eigenvalue weighted by molar-refractivity contribution is 6.32. The number of nitrogens with one attached hydrogen (secondary N) is 1. The molecule has 0 spiro atoms. The van der Waals surface area contributed by atoms with E-state index in [2.05, 4.69) is 10.3 Å². The van der Waals surface area contributed by atoms with Crippen LogP contribution in [0.5, 0.6) is 5.75 Å². The Labute approximate surface area is 134 Å². The zero-order chi connectivity index (χ0) is 15.5. The van der Waals surface area contributed by atoms with Crippen LogP contribution in [0.15, 0.2) is 36.7 Å². The molecule has 22 heavy (non-hydrogen) atoms. The van der Waals surface area contributed by atoms with E-state index in [1.165, 1.54) is 0 Å². The minimum Gasteiger partial charge on any atom is -0.482 e. The SMILES string of the molecule is Cn1ccnc1[C@H](NC(=O)COc1ccccc1Cl)C1CC1. The Bertz CT molecular complexity index is 667. The minimum absolute atomic E-state index is 0.0534. The molecular weight excluding hydrogens is 302 g/mol. The molecule has 1 aliphatic rings. The van der Waals surface area contributed by atoms with E-state index in [4.69, 9.17) is 16.3 Å². The number of ether oxygens (including phenoxy) is 1. The van der Waals surface area contributed by atoms with Crippen LogP contribution in [0.2, 0.25) is 5.02 Å². The van der Waals surface area contributed by atoms with E-state index in [1.54, 1.807) is 18.3 Å². The molecule has 1 fully saturated rings. The molecule has 2 aromatic rings. The van der Waals surface area contributed by atoms with Crippen LogP contribution in [0.1, 0.15) is 24.7 Å². The molecule has 0 bridgehead atoms. The lowest BCUT2D eigenvalue weighted by molar-refractivity contribution is -0.124. The standard InChI is InChI=1S/C16H18ClN3O2/c1-20-9-8-18-16(20)15(11-6-7-11)19-14(21)10-22-13-5-3-2-4-12(13)17/h2-5,8-9,11,15H,6-7,10H2,1H3,(H,19,21)/t15-/m1/s1. The lowest BCUT2D eigenvalue weighted by Crippen LogP contribution is -2.35. The number of aromatic nitrogens is 2. The number of nitrogens with zero attached hydrogens (tertiary/aromatic N) is 2. The first-order chi connectivity index (χ1) is 10.6. The number of hydrogen-bond acceptors (Lipinski definition) is 3. The fourth-order valence-electron chi connectivity index (χ4n) is 2.42. The fraction of sp³-hybridized carbons (Fsp3) is 0.375. The lowest BCUT2D eigenvalue weighted by Gasteiger charge is -2.18. The van der Waals surface area contributed by atoms with Gasteiger partial charge >= 0.3 is 0 Å². The molecule has 3 rings (SSSR count). The molecule has 0 saturated heterocycles. The summed E-state index contributed by atoms with van der Waals surface area (Å²) in [6.07, 6.45) is 5.86. The molecule has 0 radical (unpaired) electrons. The van der Waals surface area contributed by atoms with Gasteiger partial charge in [0.05, 0.1) is 11.1 Å². The third kappa shape index (κ3) is 3.42. The first-order valence-corrected chi connectivity index (χ1v) is 7.67. The smallest absolute Gasteiger partial charge is 0.258 e. The average Bonchev–Trinajstić information content (AvgIpc) is 3.26. The molecule has 116 valence electrons. The third-order valence-electron chi connectivity index (χ3n) is 3.74. The maximum Gasteiger partial charge on any atom is 0.258 e. The number of amides is 1. The van der Waals surface area contributed by atoms with Gasteiger partial charge in [0.25, 0.3) is 5.91 Å². The first kappa shape index (κ1) is 14.9. The van der Waals surface area contributed by atoms with Crippen LogP contribution in [0.3, 0.4) is 0 Å². The van der Waals surface area contributed by atoms with Crippen molar-refractivity contribution >= 4 is 17.5 Å². The van der Waals surface area contributed by atoms with Crippen LogP contribution < -0.4 is 10.1 Å². The van der Waals surface area contributed by atoms with Crippen molar-refractivity contribution in [2.24, 2.45) is 13.0 Å². The van der Waals surface area contributed by atoms with Gasteiger partial charge in [-0.05, 0) is 30.9 Å². The van der Waals surface area contributed by atoms with Gasteiger partial charge in [-0.15, -0.1) is 0 Å². The zero-order valence-electron chi connectivity index (χ0n) is 12.3. The second kappa shape index (κ2) is 6.40. The highest BCUT2D eigenvalue weighted by Gasteiger charge is 2.35. The minimum atomic E-state index is -0.167. The van der Waals surface area contributed by atoms with Crippen molar-refractivity contribution in [3.8, 4) is 5.75 Å². The van der Waals surface area contributed by atoms with Gasteiger partial charge in [0, 0.05) is 19.4 Å². The maximum absolute atomic E-state index is 12.2. The number of hydrogen-bond donors (Lipinski definition) is 1. The summed E-state index contributed by atoms with van der Waals surface area (Å²) in [4.78, 5) is 16.5. The number of carbonyl (C=O) groups is 1. The third-order valence-corrected chi connectivity index (χ3v) is 4.05. The molecular formula is C16H18ClN3O2. The van der Waals surface area contributed by atoms with Crippen molar-refractivity contribution in [2.75, 3.05) is 6.61 Å². The summed E-state index contributed by atoms with van der Waals surface area (Å²) in [7, 11) is 1.93. The molecule has 1 saturated carbocycles. The first-order valence-electron chi connectivity index (χ1n) is 7.29. The van der Waals surface area contributed by atoms with Gasteiger partial charge in [0.2, 0.25) is 0 Å². The fourth-order valence-corrected chi connectivity index (χ4v) is 2.61. The number of rotatable bonds is 6. The van der Waals surface area contributed by atoms with Gasteiger partial charge in [-0.25, -0.2) is 4.98 Å². The van der Waals surface area contributed by atoms with Gasteiger partial charge in [0.15, 0.2) is 6.61 Å². The summed E-state index contributed by atoms with van der Waals surface area (Å²) < 4.78 is 7.42. The molecule has 1 N–H and O–H groups in total. The Hall–Kier alpha value is -2.01. The molecule has 1 aromatic heterocycles. The Morgan fingerprint density at radius 2 is 2.27 bits per heavy atom. The zero-order valence-corrected chi connectivity index (χ0v) is 13.1. The van der Waals surface area contributed by atoms with Gasteiger partial charge in [0.1, 0.15) is 11.6 Å². The summed E-state index contributed by atoms with van der Waals surface area (Å²) in [5.41, 5.74) is 0. The molecule has 1 heterocycles. The summed E-state index contributed by atoms with van der Waals surface area (Å²) in [5.74, 6) is 1.69. The topological polar surface area (TPSA) is 56.2 Å². The van der Waals surface area contributed by atoms with Crippen LogP contribution in [-0.4, -0.2) is 22.1 Å². The Kier molecular flexibility index (Phi) is 4.34. The predicted molar refractivity (Wildman–Crippen MR) is 83.8 cm³/mol. The van der Waals surface area contributed by atoms with Crippen LogP contribution in [0.4, 0.5) is 0 Å². The summed E-state index contributed by atoms with van der Waals surface area (Å²) in [6.45, 7) is -0.0582. The van der Waals surface area contributed by atoms with Gasteiger partial charge in [-0.1, -0.05) is 23.7 Å². The van der Waals surface area contributed by atoms with Crippen molar-refractivity contribution in [3.63, 3.8) is 0 Å². The quantitative estimate of drug-likeness (QED) is 0.890. The second-order valence-electron chi connectivity index (χ2n) is 5.50. The Morgan fingerprint density at radius 3 is 2.91 bits per heavy atom. The molecule has 1 aliphatic carbocycles. The van der Waals surface area contributed by atoms with E-state index in [0.717, 1.165) is 18.7 Å². The van der Waals surface area contributed by atoms with E-state index in [-0.39, 0.29) is 18.6 Å². The van der Waals surface area contributed by atoms with Crippen molar-refractivity contribution in [1.29, 1.82) is 0 Å². The average molecular weight is 320 g/mol. The highest BCUT2D eigenvalue weighted by atomic mass is 35.5. The van der Waals surface area contributed by atoms with Crippen LogP contribution in [0, 0.1) is 5.92 Å². The number of halogens is 1. The van der Waals surface area contributed by atoms with E-state index < -0.39 is 0 Å². The van der Waals surface area contributed by atoms with Crippen molar-refractivity contribution in [1.82, 2.24) is 14.9 Å². The van der Waals surface area contributed by atoms with Gasteiger partial charge in [-0.3, -0.25) is 4.79 Å². The summed E-state index contributed by atoms with van der Waals surface area (Å²) in [6, 6.07) is 7.06. The number of aryl methyl sites for hydroxylation is 1. The highest BCUT2D eigenvalue weighted by Crippen LogP contribution is 2.40. The van der Waals surface area contributed by atoms with Gasteiger partial charge < -0.3 is 14.6 Å². The molecule has 1 atom stereocenters. The van der Waals surface area contributed by atoms with Crippen LogP contribution >= 0.6 is 11.6 Å². The van der Waals surface area contributed by atoms with Gasteiger partial charge in [-0.2, -0.15) is 0 Å². The lowest BCUT2D eigenvalue weighted by atomic mass is 10.1. The van der Waals surface area contributed by atoms with Crippen molar-refractivity contribution < 1.29 is 9.53 Å². The number of carbonyl (C=O) groups excluding carboxylic acids is 1. The summed E-state index contributed by atoms with van der Waals surface area (Å²) in [5, 5.41) is 3.52. The molecule has 1 aromatic carbocycles. The summed E-state index contributed by atoms with van der Waals surface area (Å²) >= 11 is 6.01. The van der Waals surface area contributed by atoms with Crippen molar-refractivity contribution in [2.45, 2.75) is 18.9 Å². The van der Waals surface area contributed by atoms with E-state index in [1.807, 2.05) is 29.9 Å². The number of imidazole rings is 1. The molecule has 6 heteroatoms. The number of para-hydroxylation sites is 1. The Balaban J connectivity index is 1.60. The normalized spacial score (nSPS) is 15.4. The van der Waals surface area contributed by atoms with Crippen LogP contribution in [-0.2, 0) is 11.8 Å². The largest absolute Gasteiger partial charge is 0.482 e.